The normalized spacial score (nSPS) is 23.9. The Balaban J connectivity index is 1.48. The Labute approximate surface area is 357 Å². The summed E-state index contributed by atoms with van der Waals surface area (Å²) in [7, 11) is 1.98. The second kappa shape index (κ2) is 21.4. The third-order valence-electron chi connectivity index (χ3n) is 12.8. The van der Waals surface area contributed by atoms with Crippen molar-refractivity contribution in [2.75, 3.05) is 27.8 Å². The molecule has 1 aromatic carbocycles. The quantitative estimate of drug-likeness (QED) is 0.155. The van der Waals surface area contributed by atoms with Crippen molar-refractivity contribution in [2.45, 2.75) is 161 Å². The van der Waals surface area contributed by atoms with Crippen molar-refractivity contribution in [3.8, 4) is 0 Å². The number of ether oxygens (including phenoxy) is 3. The topological polar surface area (TPSA) is 184 Å². The molecule has 1 saturated carbocycles. The molecule has 1 unspecified atom stereocenters. The number of benzene rings is 1. The first-order valence-electron chi connectivity index (χ1n) is 21.7. The van der Waals surface area contributed by atoms with Gasteiger partial charge in [0.1, 0.15) is 17.7 Å². The monoisotopic (exact) mass is 860 g/mol. The number of likely N-dealkylation sites (N-methyl/N-ethyl adjacent to an activating group) is 1. The Morgan fingerprint density at radius 1 is 0.983 bits per heavy atom. The maximum atomic E-state index is 14.5. The van der Waals surface area contributed by atoms with Gasteiger partial charge < -0.3 is 34.6 Å². The summed E-state index contributed by atoms with van der Waals surface area (Å²) in [5.41, 5.74) is 0.0861. The number of hydrogen-bond acceptors (Lipinski definition) is 9. The number of amides is 5. The molecular formula is C44H71N5O10P+. The van der Waals surface area contributed by atoms with Gasteiger partial charge in [-0.15, -0.1) is 0 Å². The molecule has 336 valence electrons. The Kier molecular flexibility index (Phi) is 17.5. The Bertz CT molecular complexity index is 1660. The van der Waals surface area contributed by atoms with Crippen molar-refractivity contribution in [3.63, 3.8) is 0 Å². The molecule has 15 nitrogen and oxygen atoms in total. The van der Waals surface area contributed by atoms with Gasteiger partial charge in [-0.1, -0.05) is 71.4 Å². The minimum atomic E-state index is -2.73. The van der Waals surface area contributed by atoms with Gasteiger partial charge in [0.25, 0.3) is 5.78 Å². The fourth-order valence-electron chi connectivity index (χ4n) is 9.50. The van der Waals surface area contributed by atoms with Crippen molar-refractivity contribution in [2.24, 2.45) is 23.7 Å². The van der Waals surface area contributed by atoms with E-state index in [2.05, 4.69) is 10.6 Å². The zero-order chi connectivity index (χ0) is 44.6. The lowest BCUT2D eigenvalue weighted by Gasteiger charge is -2.41. The number of carbonyl (C=O) groups is 5. The Morgan fingerprint density at radius 2 is 1.65 bits per heavy atom. The number of piperidine rings is 1. The first-order valence-corrected chi connectivity index (χ1v) is 22.9. The van der Waals surface area contributed by atoms with E-state index >= 15 is 0 Å². The van der Waals surface area contributed by atoms with Crippen LogP contribution in [0.5, 0.6) is 0 Å². The fourth-order valence-corrected chi connectivity index (χ4v) is 10.1. The molecule has 3 N–H and O–H groups in total. The van der Waals surface area contributed by atoms with Gasteiger partial charge in [-0.05, 0) is 80.8 Å². The van der Waals surface area contributed by atoms with Crippen LogP contribution in [0, 0.1) is 23.7 Å². The lowest BCUT2D eigenvalue weighted by molar-refractivity contribution is -0.148. The van der Waals surface area contributed by atoms with Crippen molar-refractivity contribution in [1.29, 1.82) is 0 Å². The lowest BCUT2D eigenvalue weighted by atomic mass is 9.89. The van der Waals surface area contributed by atoms with Crippen LogP contribution in [-0.2, 0) is 44.4 Å². The molecular weight excluding hydrogens is 789 g/mol. The summed E-state index contributed by atoms with van der Waals surface area (Å²) < 4.78 is 29.9. The predicted octanol–water partition coefficient (Wildman–Crippen LogP) is 5.26. The van der Waals surface area contributed by atoms with Crippen LogP contribution in [0.1, 0.15) is 106 Å². The molecule has 3 fully saturated rings. The third kappa shape index (κ3) is 11.8. The number of fused-ring (bicyclic) bond motifs is 2. The number of rotatable bonds is 19. The molecule has 16 heteroatoms. The number of hydrogen-bond donors (Lipinski definition) is 3. The molecule has 0 radical (unpaired) electrons. The van der Waals surface area contributed by atoms with Crippen molar-refractivity contribution < 1.29 is 47.6 Å². The van der Waals surface area contributed by atoms with Crippen LogP contribution in [0.3, 0.4) is 0 Å². The highest BCUT2D eigenvalue weighted by molar-refractivity contribution is 7.38. The molecule has 1 aliphatic carbocycles. The average molecular weight is 861 g/mol. The SMILES string of the molecule is CC[C@H](C)[C@@H]([C@@H](CC(=O)N1CCC[C@H]1[C@H](OC)[C@@H](C)C(=O)N[C@@H](Cc1ccccc1)[P+](=O)O)OC)N(C)C(=O)[C@@H](NC(=O)[C@@H]1[C@H]2CC[C@H](C2)N1C(=O)OC(C)(C)C)C(C)C. The molecule has 5 amide bonds. The summed E-state index contributed by atoms with van der Waals surface area (Å²) in [5, 5.41) is 5.78. The standard InChI is InChI=1S/C44H70N5O10P/c1-12-27(4)37(47(9)42(53)36(26(2)3)46-41(52)38-30-20-21-31(24-30)49(38)43(54)59-44(6,7)8)33(57-10)25-35(50)48-22-16-19-32(48)39(58-11)28(5)40(51)45-34(60(55)56)23-29-17-14-13-15-18-29/h13-15,17-18,26-28,30-34,36-39H,12,16,19-25H2,1-11H3,(H2-,45,46,51,52,55,56)/p+1/t27-,28+,30-,31+,32-,33+,34+,36-,37-,38-,39+/m0/s1. The van der Waals surface area contributed by atoms with Gasteiger partial charge in [0.15, 0.2) is 0 Å². The van der Waals surface area contributed by atoms with E-state index in [-0.39, 0.29) is 54.4 Å². The van der Waals surface area contributed by atoms with Crippen LogP contribution >= 0.6 is 8.03 Å². The molecule has 3 aliphatic rings. The van der Waals surface area contributed by atoms with E-state index in [4.69, 9.17) is 14.2 Å². The number of likely N-dealkylation sites (tertiary alicyclic amines) is 2. The van der Waals surface area contributed by atoms with E-state index in [1.54, 1.807) is 49.4 Å². The summed E-state index contributed by atoms with van der Waals surface area (Å²) in [6.45, 7) is 15.3. The number of carbonyl (C=O) groups excluding carboxylic acids is 5. The van der Waals surface area contributed by atoms with Gasteiger partial charge >= 0.3 is 14.1 Å². The molecule has 0 aromatic heterocycles. The maximum absolute atomic E-state index is 14.5. The minimum Gasteiger partial charge on any atom is -0.444 e. The number of methoxy groups -OCH3 is 2. The zero-order valence-electron chi connectivity index (χ0n) is 37.6. The molecule has 2 bridgehead atoms. The smallest absolute Gasteiger partial charge is 0.444 e. The van der Waals surface area contributed by atoms with E-state index in [0.29, 0.717) is 32.2 Å². The first-order chi connectivity index (χ1) is 28.2. The summed E-state index contributed by atoms with van der Waals surface area (Å²) in [4.78, 5) is 84.8. The fraction of sp³-hybridized carbons (Fsp3) is 0.750. The molecule has 2 heterocycles. The summed E-state index contributed by atoms with van der Waals surface area (Å²) in [6.07, 6.45) is 2.52. The highest BCUT2D eigenvalue weighted by atomic mass is 31.1. The van der Waals surface area contributed by atoms with Gasteiger partial charge in [0, 0.05) is 40.3 Å². The highest BCUT2D eigenvalue weighted by Crippen LogP contribution is 2.43. The van der Waals surface area contributed by atoms with E-state index in [1.807, 2.05) is 58.0 Å². The van der Waals surface area contributed by atoms with E-state index in [9.17, 15) is 33.4 Å². The van der Waals surface area contributed by atoms with Gasteiger partial charge in [0.2, 0.25) is 23.6 Å². The number of nitrogens with zero attached hydrogens (tertiary/aromatic N) is 3. The van der Waals surface area contributed by atoms with Gasteiger partial charge in [-0.3, -0.25) is 24.1 Å². The van der Waals surface area contributed by atoms with Crippen LogP contribution in [0.15, 0.2) is 30.3 Å². The largest absolute Gasteiger partial charge is 0.531 e. The Morgan fingerprint density at radius 3 is 2.22 bits per heavy atom. The molecule has 0 spiro atoms. The molecule has 1 aromatic rings. The zero-order valence-corrected chi connectivity index (χ0v) is 38.5. The lowest BCUT2D eigenvalue weighted by Crippen LogP contribution is -2.61. The van der Waals surface area contributed by atoms with E-state index in [1.165, 1.54) is 14.2 Å². The average Bonchev–Trinajstić information content (AvgIpc) is 3.96. The van der Waals surface area contributed by atoms with Crippen LogP contribution in [-0.4, -0.2) is 131 Å². The van der Waals surface area contributed by atoms with Gasteiger partial charge in [0.05, 0.1) is 36.6 Å². The first kappa shape index (κ1) is 49.0. The van der Waals surface area contributed by atoms with Crippen LogP contribution in [0.4, 0.5) is 4.79 Å². The molecule has 2 saturated heterocycles. The van der Waals surface area contributed by atoms with Crippen LogP contribution < -0.4 is 10.6 Å². The molecule has 2 aliphatic heterocycles. The van der Waals surface area contributed by atoms with Crippen molar-refractivity contribution in [1.82, 2.24) is 25.3 Å². The second-order valence-electron chi connectivity index (χ2n) is 18.4. The minimum absolute atomic E-state index is 0.0209. The third-order valence-corrected chi connectivity index (χ3v) is 13.6. The number of nitrogens with one attached hydrogen (secondary N) is 2. The highest BCUT2D eigenvalue weighted by Gasteiger charge is 2.53. The van der Waals surface area contributed by atoms with Crippen molar-refractivity contribution in [3.05, 3.63) is 35.9 Å². The van der Waals surface area contributed by atoms with Gasteiger partial charge in [-0.2, -0.15) is 4.89 Å². The van der Waals surface area contributed by atoms with Crippen molar-refractivity contribution >= 4 is 37.7 Å². The summed E-state index contributed by atoms with van der Waals surface area (Å²) in [5.74, 6) is -3.51. The molecule has 4 rings (SSSR count). The Hall–Kier alpha value is -3.65. The van der Waals surface area contributed by atoms with Crippen LogP contribution in [0.25, 0.3) is 0 Å². The predicted molar refractivity (Wildman–Crippen MR) is 228 cm³/mol. The molecule has 12 atom stereocenters. The van der Waals surface area contributed by atoms with Crippen LogP contribution in [0.2, 0.25) is 0 Å². The molecule has 60 heavy (non-hydrogen) atoms. The van der Waals surface area contributed by atoms with Gasteiger partial charge in [-0.25, -0.2) is 4.79 Å². The second-order valence-corrected chi connectivity index (χ2v) is 19.6. The van der Waals surface area contributed by atoms with E-state index in [0.717, 1.165) is 18.4 Å². The maximum Gasteiger partial charge on any atom is 0.531 e. The summed E-state index contributed by atoms with van der Waals surface area (Å²) >= 11 is 0. The van der Waals surface area contributed by atoms with E-state index < -0.39 is 73.7 Å². The summed E-state index contributed by atoms with van der Waals surface area (Å²) in [6, 6.07) is 6.46.